The van der Waals surface area contributed by atoms with Gasteiger partial charge in [0.25, 0.3) is 0 Å². The Kier molecular flexibility index (Phi) is 5.17. The van der Waals surface area contributed by atoms with Crippen LogP contribution in [-0.2, 0) is 9.53 Å². The fourth-order valence-electron chi connectivity index (χ4n) is 1.30. The summed E-state index contributed by atoms with van der Waals surface area (Å²) in [5, 5.41) is 0. The van der Waals surface area contributed by atoms with Crippen molar-refractivity contribution in [1.29, 1.82) is 0 Å². The van der Waals surface area contributed by atoms with Crippen molar-refractivity contribution >= 4 is 12.3 Å². The van der Waals surface area contributed by atoms with Crippen LogP contribution in [-0.4, -0.2) is 32.1 Å². The summed E-state index contributed by atoms with van der Waals surface area (Å²) in [6.45, 7) is 3.26. The third kappa shape index (κ3) is 4.08. The molecule has 0 aliphatic carbocycles. The second-order valence-corrected chi connectivity index (χ2v) is 3.85. The molecule has 0 aliphatic heterocycles. The Bertz CT molecular complexity index is 425. The Morgan fingerprint density at radius 3 is 2.67 bits per heavy atom. The van der Waals surface area contributed by atoms with Crippen molar-refractivity contribution < 1.29 is 23.8 Å². The third-order valence-corrected chi connectivity index (χ3v) is 2.06. The third-order valence-electron chi connectivity index (χ3n) is 2.06. The number of esters is 1. The van der Waals surface area contributed by atoms with E-state index < -0.39 is 5.97 Å². The Labute approximate surface area is 106 Å². The highest BCUT2D eigenvalue weighted by atomic mass is 16.6. The van der Waals surface area contributed by atoms with Gasteiger partial charge >= 0.3 is 5.97 Å². The van der Waals surface area contributed by atoms with Crippen molar-refractivity contribution in [1.82, 2.24) is 0 Å². The van der Waals surface area contributed by atoms with Gasteiger partial charge in [-0.2, -0.15) is 0 Å². The molecule has 0 N–H and O–H groups in total. The number of carbonyl (C=O) groups excluding carboxylic acids is 2. The molecule has 0 fully saturated rings. The van der Waals surface area contributed by atoms with Crippen LogP contribution in [0.1, 0.15) is 24.2 Å². The predicted octanol–water partition coefficient (Wildman–Crippen LogP) is 1.84. The minimum atomic E-state index is -0.482. The van der Waals surface area contributed by atoms with Gasteiger partial charge in [0, 0.05) is 6.07 Å². The fraction of sp³-hybridized carbons (Fsp3) is 0.385. The lowest BCUT2D eigenvalue weighted by Crippen LogP contribution is -2.19. The van der Waals surface area contributed by atoms with E-state index in [0.717, 1.165) is 0 Å². The van der Waals surface area contributed by atoms with Crippen LogP contribution in [0.5, 0.6) is 11.5 Å². The van der Waals surface area contributed by atoms with E-state index in [0.29, 0.717) is 23.3 Å². The Hall–Kier alpha value is -2.04. The molecule has 1 aromatic rings. The highest BCUT2D eigenvalue weighted by Crippen LogP contribution is 2.23. The molecule has 0 atom stereocenters. The number of hydrogen-bond acceptors (Lipinski definition) is 5. The van der Waals surface area contributed by atoms with Crippen molar-refractivity contribution in [2.45, 2.75) is 20.0 Å². The minimum Gasteiger partial charge on any atom is -0.497 e. The second-order valence-electron chi connectivity index (χ2n) is 3.85. The summed E-state index contributed by atoms with van der Waals surface area (Å²) in [5.41, 5.74) is 0.355. The van der Waals surface area contributed by atoms with Crippen LogP contribution >= 0.6 is 0 Å². The lowest BCUT2D eigenvalue weighted by molar-refractivity contribution is -0.149. The van der Waals surface area contributed by atoms with Crippen molar-refractivity contribution in [2.75, 3.05) is 13.7 Å². The summed E-state index contributed by atoms with van der Waals surface area (Å²) in [5.74, 6) is 0.363. The zero-order valence-corrected chi connectivity index (χ0v) is 10.6. The van der Waals surface area contributed by atoms with Crippen LogP contribution < -0.4 is 9.47 Å². The molecule has 1 rings (SSSR count). The van der Waals surface area contributed by atoms with E-state index >= 15 is 0 Å². The van der Waals surface area contributed by atoms with E-state index in [1.807, 2.05) is 0 Å². The van der Waals surface area contributed by atoms with Crippen LogP contribution in [0, 0.1) is 0 Å². The standard InChI is InChI=1S/C13H16O5/c1-9(2)18-13(15)8-17-12-6-11(16-3)5-4-10(12)7-14/h4-7,9H,8H2,1-3H3. The molecule has 18 heavy (non-hydrogen) atoms. The Morgan fingerprint density at radius 2 is 2.11 bits per heavy atom. The lowest BCUT2D eigenvalue weighted by atomic mass is 10.2. The maximum atomic E-state index is 11.3. The SMILES string of the molecule is COc1ccc(C=O)c(OCC(=O)OC(C)C)c1. The molecular weight excluding hydrogens is 236 g/mol. The van der Waals surface area contributed by atoms with Crippen molar-refractivity contribution in [3.63, 3.8) is 0 Å². The van der Waals surface area contributed by atoms with Gasteiger partial charge in [-0.15, -0.1) is 0 Å². The largest absolute Gasteiger partial charge is 0.497 e. The number of methoxy groups -OCH3 is 1. The van der Waals surface area contributed by atoms with Crippen LogP contribution in [0.4, 0.5) is 0 Å². The molecule has 5 nitrogen and oxygen atoms in total. The highest BCUT2D eigenvalue weighted by molar-refractivity contribution is 5.80. The van der Waals surface area contributed by atoms with Crippen LogP contribution in [0.2, 0.25) is 0 Å². The van der Waals surface area contributed by atoms with Crippen molar-refractivity contribution in [3.05, 3.63) is 23.8 Å². The van der Waals surface area contributed by atoms with E-state index in [4.69, 9.17) is 14.2 Å². The van der Waals surface area contributed by atoms with E-state index in [-0.39, 0.29) is 12.7 Å². The molecule has 0 aromatic heterocycles. The zero-order chi connectivity index (χ0) is 13.5. The maximum absolute atomic E-state index is 11.3. The van der Waals surface area contributed by atoms with Gasteiger partial charge in [0.05, 0.1) is 18.8 Å². The molecule has 0 saturated carbocycles. The topological polar surface area (TPSA) is 61.8 Å². The summed E-state index contributed by atoms with van der Waals surface area (Å²) in [4.78, 5) is 22.1. The monoisotopic (exact) mass is 252 g/mol. The summed E-state index contributed by atoms with van der Waals surface area (Å²) >= 11 is 0. The Balaban J connectivity index is 2.70. The van der Waals surface area contributed by atoms with Gasteiger partial charge in [0.1, 0.15) is 11.5 Å². The number of rotatable bonds is 6. The summed E-state index contributed by atoms with van der Waals surface area (Å²) in [7, 11) is 1.51. The van der Waals surface area contributed by atoms with Crippen LogP contribution in [0.15, 0.2) is 18.2 Å². The first kappa shape index (κ1) is 14.0. The molecule has 98 valence electrons. The second kappa shape index (κ2) is 6.64. The molecule has 0 saturated heterocycles. The zero-order valence-electron chi connectivity index (χ0n) is 10.6. The summed E-state index contributed by atoms with van der Waals surface area (Å²) in [6.07, 6.45) is 0.458. The smallest absolute Gasteiger partial charge is 0.344 e. The maximum Gasteiger partial charge on any atom is 0.344 e. The molecule has 0 radical (unpaired) electrons. The van der Waals surface area contributed by atoms with Gasteiger partial charge in [-0.25, -0.2) is 4.79 Å². The van der Waals surface area contributed by atoms with Gasteiger partial charge in [0.15, 0.2) is 12.9 Å². The van der Waals surface area contributed by atoms with Crippen molar-refractivity contribution in [3.8, 4) is 11.5 Å². The average Bonchev–Trinajstić information content (AvgIpc) is 2.35. The lowest BCUT2D eigenvalue weighted by Gasteiger charge is -2.11. The first-order valence-electron chi connectivity index (χ1n) is 5.52. The van der Waals surface area contributed by atoms with Crippen LogP contribution in [0.3, 0.4) is 0 Å². The molecule has 1 aromatic carbocycles. The molecule has 0 heterocycles. The van der Waals surface area contributed by atoms with Crippen LogP contribution in [0.25, 0.3) is 0 Å². The molecule has 0 unspecified atom stereocenters. The number of carbonyl (C=O) groups is 2. The minimum absolute atomic E-state index is 0.197. The van der Waals surface area contributed by atoms with E-state index in [1.54, 1.807) is 32.0 Å². The number of hydrogen-bond donors (Lipinski definition) is 0. The highest BCUT2D eigenvalue weighted by Gasteiger charge is 2.10. The van der Waals surface area contributed by atoms with E-state index in [1.165, 1.54) is 7.11 Å². The molecule has 0 amide bonds. The molecular formula is C13H16O5. The summed E-state index contributed by atoms with van der Waals surface area (Å²) < 4.78 is 15.2. The van der Waals surface area contributed by atoms with E-state index in [2.05, 4.69) is 0 Å². The number of aldehydes is 1. The molecule has 0 bridgehead atoms. The van der Waals surface area contributed by atoms with E-state index in [9.17, 15) is 9.59 Å². The average molecular weight is 252 g/mol. The summed E-state index contributed by atoms with van der Waals surface area (Å²) in [6, 6.07) is 4.75. The van der Waals surface area contributed by atoms with Gasteiger partial charge in [-0.3, -0.25) is 4.79 Å². The first-order valence-corrected chi connectivity index (χ1v) is 5.52. The molecule has 0 aliphatic rings. The van der Waals surface area contributed by atoms with Gasteiger partial charge in [0.2, 0.25) is 0 Å². The van der Waals surface area contributed by atoms with Gasteiger partial charge in [-0.1, -0.05) is 0 Å². The molecule has 5 heteroatoms. The first-order chi connectivity index (χ1) is 8.56. The predicted molar refractivity (Wildman–Crippen MR) is 65.1 cm³/mol. The fourth-order valence-corrected chi connectivity index (χ4v) is 1.30. The molecule has 0 spiro atoms. The number of benzene rings is 1. The quantitative estimate of drug-likeness (QED) is 0.571. The normalized spacial score (nSPS) is 10.0. The van der Waals surface area contributed by atoms with Gasteiger partial charge in [-0.05, 0) is 26.0 Å². The van der Waals surface area contributed by atoms with Gasteiger partial charge < -0.3 is 14.2 Å². The Morgan fingerprint density at radius 1 is 1.39 bits per heavy atom. The number of ether oxygens (including phenoxy) is 3. The van der Waals surface area contributed by atoms with Crippen molar-refractivity contribution in [2.24, 2.45) is 0 Å².